The van der Waals surface area contributed by atoms with Gasteiger partial charge in [0.15, 0.2) is 0 Å². The van der Waals surface area contributed by atoms with Gasteiger partial charge < -0.3 is 9.84 Å². The second kappa shape index (κ2) is 8.26. The minimum Gasteiger partial charge on any atom is -0.355 e. The second-order valence-corrected chi connectivity index (χ2v) is 6.84. The molecule has 0 unspecified atom stereocenters. The molecule has 0 bridgehead atoms. The number of nitrogens with one attached hydrogen (secondary N) is 1. The van der Waals surface area contributed by atoms with Crippen molar-refractivity contribution in [3.05, 3.63) is 54.2 Å². The first kappa shape index (κ1) is 17.6. The zero-order valence-corrected chi connectivity index (χ0v) is 15.5. The maximum atomic E-state index is 5.58. The molecule has 1 aliphatic heterocycles. The Morgan fingerprint density at radius 1 is 1.19 bits per heavy atom. The van der Waals surface area contributed by atoms with Crippen LogP contribution in [-0.4, -0.2) is 44.6 Å². The van der Waals surface area contributed by atoms with Crippen molar-refractivity contribution in [1.82, 2.24) is 25.0 Å². The van der Waals surface area contributed by atoms with Gasteiger partial charge in [-0.05, 0) is 26.3 Å². The van der Waals surface area contributed by atoms with Crippen molar-refractivity contribution in [2.45, 2.75) is 32.2 Å². The van der Waals surface area contributed by atoms with Gasteiger partial charge in [-0.1, -0.05) is 35.5 Å². The number of piperidine rings is 1. The Kier molecular flexibility index (Phi) is 5.39. The quantitative estimate of drug-likeness (QED) is 0.718. The average Bonchev–Trinajstić information content (AvgIpc) is 3.21. The third-order valence-electron chi connectivity index (χ3n) is 4.77. The summed E-state index contributed by atoms with van der Waals surface area (Å²) in [6.07, 6.45) is 5.98. The predicted molar refractivity (Wildman–Crippen MR) is 103 cm³/mol. The van der Waals surface area contributed by atoms with Gasteiger partial charge in [-0.25, -0.2) is 9.97 Å². The fraction of sp³-hybridized carbons (Fsp3) is 0.400. The summed E-state index contributed by atoms with van der Waals surface area (Å²) in [5.74, 6) is 2.34. The van der Waals surface area contributed by atoms with Crippen molar-refractivity contribution in [2.75, 3.05) is 25.0 Å². The summed E-state index contributed by atoms with van der Waals surface area (Å²) in [4.78, 5) is 15.8. The molecule has 1 aromatic carbocycles. The lowest BCUT2D eigenvalue weighted by molar-refractivity contribution is 0.180. The van der Waals surface area contributed by atoms with Crippen LogP contribution >= 0.6 is 0 Å². The van der Waals surface area contributed by atoms with Gasteiger partial charge in [-0.3, -0.25) is 4.90 Å². The smallest absolute Gasteiger partial charge is 0.231 e. The molecule has 1 N–H and O–H groups in total. The van der Waals surface area contributed by atoms with E-state index in [-0.39, 0.29) is 5.92 Å². The van der Waals surface area contributed by atoms with Crippen LogP contribution in [0.4, 0.5) is 5.95 Å². The van der Waals surface area contributed by atoms with E-state index in [9.17, 15) is 0 Å². The van der Waals surface area contributed by atoms with Crippen molar-refractivity contribution >= 4 is 5.95 Å². The van der Waals surface area contributed by atoms with Gasteiger partial charge in [0.2, 0.25) is 17.7 Å². The lowest BCUT2D eigenvalue weighted by Crippen LogP contribution is -2.34. The molecule has 0 radical (unpaired) electrons. The Labute approximate surface area is 158 Å². The number of anilines is 1. The van der Waals surface area contributed by atoms with Gasteiger partial charge in [0.1, 0.15) is 0 Å². The first-order chi connectivity index (χ1) is 13.3. The number of benzene rings is 1. The summed E-state index contributed by atoms with van der Waals surface area (Å²) in [6, 6.07) is 9.95. The van der Waals surface area contributed by atoms with Crippen LogP contribution in [0.25, 0.3) is 11.4 Å². The standard InChI is InChI=1S/C20H24N6O/c1-2-21-20-22-11-15(12-23-20)13-26-10-6-9-17(14-26)19-24-18(25-27-19)16-7-4-3-5-8-16/h3-5,7-8,11-12,17H,2,6,9-10,13-14H2,1H3,(H,21,22,23)/t17-/m1/s1. The highest BCUT2D eigenvalue weighted by Gasteiger charge is 2.26. The highest BCUT2D eigenvalue weighted by atomic mass is 16.5. The normalized spacial score (nSPS) is 17.7. The van der Waals surface area contributed by atoms with Crippen LogP contribution in [0.15, 0.2) is 47.2 Å². The first-order valence-electron chi connectivity index (χ1n) is 9.48. The number of nitrogens with zero attached hydrogens (tertiary/aromatic N) is 5. The van der Waals surface area contributed by atoms with Crippen molar-refractivity contribution in [1.29, 1.82) is 0 Å². The number of aromatic nitrogens is 4. The molecule has 140 valence electrons. The van der Waals surface area contributed by atoms with Gasteiger partial charge >= 0.3 is 0 Å². The molecule has 7 heteroatoms. The van der Waals surface area contributed by atoms with Gasteiger partial charge in [0, 0.05) is 43.2 Å². The van der Waals surface area contributed by atoms with E-state index in [1.165, 1.54) is 0 Å². The largest absolute Gasteiger partial charge is 0.355 e. The Bertz CT molecular complexity index is 848. The molecule has 3 heterocycles. The maximum Gasteiger partial charge on any atom is 0.231 e. The van der Waals surface area contributed by atoms with Crippen molar-refractivity contribution in [3.63, 3.8) is 0 Å². The molecule has 7 nitrogen and oxygen atoms in total. The number of hydrogen-bond donors (Lipinski definition) is 1. The summed E-state index contributed by atoms with van der Waals surface area (Å²) in [6.45, 7) is 5.66. The molecular weight excluding hydrogens is 340 g/mol. The molecule has 1 aliphatic rings. The lowest BCUT2D eigenvalue weighted by atomic mass is 9.97. The van der Waals surface area contributed by atoms with Crippen molar-refractivity contribution < 1.29 is 4.52 Å². The Morgan fingerprint density at radius 2 is 2.00 bits per heavy atom. The summed E-state index contributed by atoms with van der Waals surface area (Å²) >= 11 is 0. The molecule has 3 aromatic rings. The number of hydrogen-bond acceptors (Lipinski definition) is 7. The molecule has 2 aromatic heterocycles. The topological polar surface area (TPSA) is 80.0 Å². The minimum absolute atomic E-state index is 0.269. The molecule has 1 fully saturated rings. The Morgan fingerprint density at radius 3 is 2.78 bits per heavy atom. The first-order valence-corrected chi connectivity index (χ1v) is 9.48. The third kappa shape index (κ3) is 4.31. The highest BCUT2D eigenvalue weighted by molar-refractivity contribution is 5.53. The molecule has 0 amide bonds. The predicted octanol–water partition coefficient (Wildman–Crippen LogP) is 3.34. The van der Waals surface area contributed by atoms with Crippen LogP contribution in [0, 0.1) is 0 Å². The summed E-state index contributed by atoms with van der Waals surface area (Å²) < 4.78 is 5.58. The zero-order chi connectivity index (χ0) is 18.5. The van der Waals surface area contributed by atoms with E-state index < -0.39 is 0 Å². The Hall–Kier alpha value is -2.80. The van der Waals surface area contributed by atoms with Crippen LogP contribution in [0.5, 0.6) is 0 Å². The molecular formula is C20H24N6O. The van der Waals surface area contributed by atoms with Crippen LogP contribution in [0.3, 0.4) is 0 Å². The molecule has 1 saturated heterocycles. The van der Waals surface area contributed by atoms with E-state index in [0.29, 0.717) is 11.8 Å². The number of likely N-dealkylation sites (tertiary alicyclic amines) is 1. The van der Waals surface area contributed by atoms with E-state index in [0.717, 1.165) is 56.0 Å². The van der Waals surface area contributed by atoms with Crippen molar-refractivity contribution in [3.8, 4) is 11.4 Å². The fourth-order valence-corrected chi connectivity index (χ4v) is 3.45. The van der Waals surface area contributed by atoms with Gasteiger partial charge in [-0.2, -0.15) is 4.98 Å². The van der Waals surface area contributed by atoms with Crippen LogP contribution in [-0.2, 0) is 6.54 Å². The molecule has 0 spiro atoms. The van der Waals surface area contributed by atoms with E-state index in [2.05, 4.69) is 30.3 Å². The minimum atomic E-state index is 0.269. The molecule has 0 saturated carbocycles. The zero-order valence-electron chi connectivity index (χ0n) is 15.5. The maximum absolute atomic E-state index is 5.58. The molecule has 4 rings (SSSR count). The monoisotopic (exact) mass is 364 g/mol. The van der Waals surface area contributed by atoms with E-state index in [4.69, 9.17) is 4.52 Å². The SMILES string of the molecule is CCNc1ncc(CN2CCC[C@@H](c3nc(-c4ccccc4)no3)C2)cn1. The fourth-order valence-electron chi connectivity index (χ4n) is 3.45. The highest BCUT2D eigenvalue weighted by Crippen LogP contribution is 2.28. The van der Waals surface area contributed by atoms with Gasteiger partial charge in [0.25, 0.3) is 0 Å². The third-order valence-corrected chi connectivity index (χ3v) is 4.77. The molecule has 1 atom stereocenters. The second-order valence-electron chi connectivity index (χ2n) is 6.84. The summed E-state index contributed by atoms with van der Waals surface area (Å²) in [7, 11) is 0. The summed E-state index contributed by atoms with van der Waals surface area (Å²) in [5.41, 5.74) is 2.10. The van der Waals surface area contributed by atoms with Gasteiger partial charge in [-0.15, -0.1) is 0 Å². The lowest BCUT2D eigenvalue weighted by Gasteiger charge is -2.30. The molecule has 0 aliphatic carbocycles. The van der Waals surface area contributed by atoms with E-state index in [1.807, 2.05) is 49.6 Å². The van der Waals surface area contributed by atoms with E-state index >= 15 is 0 Å². The molecule has 27 heavy (non-hydrogen) atoms. The Balaban J connectivity index is 1.40. The van der Waals surface area contributed by atoms with Crippen LogP contribution in [0.2, 0.25) is 0 Å². The van der Waals surface area contributed by atoms with Crippen LogP contribution < -0.4 is 5.32 Å². The van der Waals surface area contributed by atoms with Crippen LogP contribution in [0.1, 0.15) is 37.1 Å². The van der Waals surface area contributed by atoms with Gasteiger partial charge in [0.05, 0.1) is 5.92 Å². The van der Waals surface area contributed by atoms with Crippen molar-refractivity contribution in [2.24, 2.45) is 0 Å². The van der Waals surface area contributed by atoms with E-state index in [1.54, 1.807) is 0 Å². The average molecular weight is 364 g/mol. The number of rotatable bonds is 6. The summed E-state index contributed by atoms with van der Waals surface area (Å²) in [5, 5.41) is 7.29.